The first kappa shape index (κ1) is 23.8. The van der Waals surface area contributed by atoms with E-state index in [-0.39, 0.29) is 41.6 Å². The van der Waals surface area contributed by atoms with Crippen LogP contribution in [0.15, 0.2) is 24.3 Å². The molecule has 1 aromatic rings. The zero-order chi connectivity index (χ0) is 23.4. The maximum absolute atomic E-state index is 13.6. The lowest BCUT2D eigenvalue weighted by atomic mass is 9.86. The second-order valence-electron chi connectivity index (χ2n) is 10.1. The standard InChI is InChI=1S/C27H38N2O4/c1-3-33-27(32)23-12-7-15-28(17-23)25(30)22-13-14-24(21-11-6-8-19(2)16-21)29(18-22)26(31)20-9-4-5-10-20/h6,8,11,16,20,22-24H,3-5,7,9-10,12-15,17-18H2,1-2H3. The van der Waals surface area contributed by atoms with Gasteiger partial charge >= 0.3 is 5.97 Å². The van der Waals surface area contributed by atoms with Gasteiger partial charge in [-0.3, -0.25) is 14.4 Å². The van der Waals surface area contributed by atoms with E-state index in [1.807, 2.05) is 16.7 Å². The quantitative estimate of drug-likeness (QED) is 0.624. The molecular weight excluding hydrogens is 416 g/mol. The number of likely N-dealkylation sites (tertiary alicyclic amines) is 2. The summed E-state index contributed by atoms with van der Waals surface area (Å²) in [5, 5.41) is 0. The first-order valence-electron chi connectivity index (χ1n) is 12.8. The lowest BCUT2D eigenvalue weighted by molar-refractivity contribution is -0.152. The van der Waals surface area contributed by atoms with Gasteiger partial charge in [-0.15, -0.1) is 0 Å². The molecular formula is C27H38N2O4. The minimum atomic E-state index is -0.234. The van der Waals surface area contributed by atoms with Crippen molar-refractivity contribution in [3.8, 4) is 0 Å². The molecule has 3 fully saturated rings. The first-order valence-corrected chi connectivity index (χ1v) is 12.8. The normalized spacial score (nSPS) is 26.3. The van der Waals surface area contributed by atoms with E-state index in [9.17, 15) is 14.4 Å². The van der Waals surface area contributed by atoms with Crippen LogP contribution < -0.4 is 0 Å². The van der Waals surface area contributed by atoms with Crippen molar-refractivity contribution in [2.75, 3.05) is 26.2 Å². The molecule has 0 bridgehead atoms. The number of hydrogen-bond acceptors (Lipinski definition) is 4. The van der Waals surface area contributed by atoms with Crippen LogP contribution in [0.25, 0.3) is 0 Å². The van der Waals surface area contributed by atoms with Crippen molar-refractivity contribution in [1.29, 1.82) is 0 Å². The maximum Gasteiger partial charge on any atom is 0.310 e. The molecule has 2 amide bonds. The third-order valence-corrected chi connectivity index (χ3v) is 7.70. The highest BCUT2D eigenvalue weighted by Gasteiger charge is 2.40. The van der Waals surface area contributed by atoms with Gasteiger partial charge < -0.3 is 14.5 Å². The van der Waals surface area contributed by atoms with Crippen molar-refractivity contribution < 1.29 is 19.1 Å². The summed E-state index contributed by atoms with van der Waals surface area (Å²) in [6.07, 6.45) is 7.31. The van der Waals surface area contributed by atoms with Crippen LogP contribution in [0.5, 0.6) is 0 Å². The van der Waals surface area contributed by atoms with Gasteiger partial charge in [-0.25, -0.2) is 0 Å². The summed E-state index contributed by atoms with van der Waals surface area (Å²) < 4.78 is 5.20. The number of piperidine rings is 2. The summed E-state index contributed by atoms with van der Waals surface area (Å²) in [6.45, 7) is 5.86. The average molecular weight is 455 g/mol. The largest absolute Gasteiger partial charge is 0.466 e. The van der Waals surface area contributed by atoms with Crippen LogP contribution >= 0.6 is 0 Å². The van der Waals surface area contributed by atoms with E-state index in [1.54, 1.807) is 0 Å². The molecule has 1 aliphatic carbocycles. The van der Waals surface area contributed by atoms with Gasteiger partial charge in [-0.2, -0.15) is 0 Å². The number of hydrogen-bond donors (Lipinski definition) is 0. The lowest BCUT2D eigenvalue weighted by Crippen LogP contribution is -2.51. The van der Waals surface area contributed by atoms with Crippen LogP contribution in [-0.4, -0.2) is 53.8 Å². The molecule has 6 heteroatoms. The number of carbonyl (C=O) groups is 3. The third-order valence-electron chi connectivity index (χ3n) is 7.70. The van der Waals surface area contributed by atoms with Gasteiger partial charge in [-0.1, -0.05) is 42.7 Å². The van der Waals surface area contributed by atoms with Crippen LogP contribution in [0.2, 0.25) is 0 Å². The van der Waals surface area contributed by atoms with Gasteiger partial charge in [0.25, 0.3) is 0 Å². The smallest absolute Gasteiger partial charge is 0.310 e. The Morgan fingerprint density at radius 1 is 0.909 bits per heavy atom. The highest BCUT2D eigenvalue weighted by Crippen LogP contribution is 2.38. The van der Waals surface area contributed by atoms with Crippen LogP contribution in [0.4, 0.5) is 0 Å². The Labute approximate surface area is 197 Å². The minimum absolute atomic E-state index is 0.0377. The summed E-state index contributed by atoms with van der Waals surface area (Å²) in [6, 6.07) is 8.47. The molecule has 180 valence electrons. The fraction of sp³-hybridized carbons (Fsp3) is 0.667. The molecule has 0 aromatic heterocycles. The van der Waals surface area contributed by atoms with Gasteiger partial charge in [0.15, 0.2) is 0 Å². The lowest BCUT2D eigenvalue weighted by Gasteiger charge is -2.43. The minimum Gasteiger partial charge on any atom is -0.466 e. The van der Waals surface area contributed by atoms with Crippen molar-refractivity contribution >= 4 is 17.8 Å². The molecule has 0 spiro atoms. The molecule has 0 N–H and O–H groups in total. The van der Waals surface area contributed by atoms with E-state index >= 15 is 0 Å². The first-order chi connectivity index (χ1) is 16.0. The molecule has 2 heterocycles. The van der Waals surface area contributed by atoms with Gasteiger partial charge in [-0.05, 0) is 57.9 Å². The van der Waals surface area contributed by atoms with Crippen molar-refractivity contribution in [1.82, 2.24) is 9.80 Å². The molecule has 6 nitrogen and oxygen atoms in total. The molecule has 3 atom stereocenters. The number of esters is 1. The van der Waals surface area contributed by atoms with Crippen LogP contribution in [0, 0.1) is 24.7 Å². The number of rotatable bonds is 5. The van der Waals surface area contributed by atoms with Crippen LogP contribution in [0.1, 0.15) is 75.5 Å². The number of carbonyl (C=O) groups excluding carboxylic acids is 3. The topological polar surface area (TPSA) is 66.9 Å². The Kier molecular flexibility index (Phi) is 7.71. The van der Waals surface area contributed by atoms with Crippen molar-refractivity contribution in [3.05, 3.63) is 35.4 Å². The van der Waals surface area contributed by atoms with Crippen molar-refractivity contribution in [2.45, 2.75) is 71.3 Å². The van der Waals surface area contributed by atoms with E-state index in [2.05, 4.69) is 31.2 Å². The second-order valence-corrected chi connectivity index (χ2v) is 10.1. The highest BCUT2D eigenvalue weighted by atomic mass is 16.5. The number of ether oxygens (including phenoxy) is 1. The summed E-state index contributed by atoms with van der Waals surface area (Å²) in [5.41, 5.74) is 2.37. The van der Waals surface area contributed by atoms with E-state index < -0.39 is 0 Å². The second kappa shape index (κ2) is 10.7. The van der Waals surface area contributed by atoms with E-state index in [0.29, 0.717) is 26.2 Å². The Morgan fingerprint density at radius 3 is 2.39 bits per heavy atom. The van der Waals surface area contributed by atoms with Gasteiger partial charge in [0, 0.05) is 25.6 Å². The summed E-state index contributed by atoms with van der Waals surface area (Å²) >= 11 is 0. The average Bonchev–Trinajstić information content (AvgIpc) is 3.38. The van der Waals surface area contributed by atoms with Gasteiger partial charge in [0.05, 0.1) is 24.5 Å². The Balaban J connectivity index is 1.49. The molecule has 2 aliphatic heterocycles. The highest BCUT2D eigenvalue weighted by molar-refractivity contribution is 5.83. The van der Waals surface area contributed by atoms with Gasteiger partial charge in [0.1, 0.15) is 0 Å². The van der Waals surface area contributed by atoms with E-state index in [1.165, 1.54) is 11.1 Å². The summed E-state index contributed by atoms with van der Waals surface area (Å²) in [4.78, 5) is 43.2. The van der Waals surface area contributed by atoms with Crippen molar-refractivity contribution in [2.24, 2.45) is 17.8 Å². The van der Waals surface area contributed by atoms with E-state index in [4.69, 9.17) is 4.74 Å². The maximum atomic E-state index is 13.6. The summed E-state index contributed by atoms with van der Waals surface area (Å²) in [7, 11) is 0. The van der Waals surface area contributed by atoms with Crippen molar-refractivity contribution in [3.63, 3.8) is 0 Å². The number of nitrogens with zero attached hydrogens (tertiary/aromatic N) is 2. The molecule has 3 aliphatic rings. The Hall–Kier alpha value is -2.37. The van der Waals surface area contributed by atoms with Gasteiger partial charge in [0.2, 0.25) is 11.8 Å². The molecule has 2 saturated heterocycles. The number of aryl methyl sites for hydroxylation is 1. The Bertz CT molecular complexity index is 863. The fourth-order valence-electron chi connectivity index (χ4n) is 5.94. The Morgan fingerprint density at radius 2 is 1.67 bits per heavy atom. The van der Waals surface area contributed by atoms with Crippen LogP contribution in [-0.2, 0) is 19.1 Å². The monoisotopic (exact) mass is 454 g/mol. The van der Waals surface area contributed by atoms with Crippen LogP contribution in [0.3, 0.4) is 0 Å². The fourth-order valence-corrected chi connectivity index (χ4v) is 5.94. The predicted octanol–water partition coefficient (Wildman–Crippen LogP) is 4.27. The zero-order valence-corrected chi connectivity index (χ0v) is 20.1. The molecule has 33 heavy (non-hydrogen) atoms. The SMILES string of the molecule is CCOC(=O)C1CCCN(C(=O)C2CCC(c3cccc(C)c3)N(C(=O)C3CCCC3)C2)C1. The third kappa shape index (κ3) is 5.42. The molecule has 3 unspecified atom stereocenters. The van der Waals surface area contributed by atoms with E-state index in [0.717, 1.165) is 51.4 Å². The number of benzene rings is 1. The zero-order valence-electron chi connectivity index (χ0n) is 20.1. The molecule has 1 aromatic carbocycles. The number of amides is 2. The molecule has 4 rings (SSSR count). The molecule has 1 saturated carbocycles. The summed E-state index contributed by atoms with van der Waals surface area (Å²) in [5.74, 6) is -0.221. The molecule has 0 radical (unpaired) electrons. The predicted molar refractivity (Wildman–Crippen MR) is 126 cm³/mol.